The molecule has 0 fully saturated rings. The lowest BCUT2D eigenvalue weighted by Gasteiger charge is -2.19. The maximum atomic E-state index is 11.0. The second-order valence-electron chi connectivity index (χ2n) is 3.67. The van der Waals surface area contributed by atoms with Crippen molar-refractivity contribution in [1.82, 2.24) is 0 Å². The molecule has 5 heteroatoms. The van der Waals surface area contributed by atoms with Gasteiger partial charge < -0.3 is 10.2 Å². The fourth-order valence-corrected chi connectivity index (χ4v) is 1.90. The Bertz CT molecular complexity index is 572. The van der Waals surface area contributed by atoms with Gasteiger partial charge in [-0.3, -0.25) is 5.41 Å². The summed E-state index contributed by atoms with van der Waals surface area (Å²) in [5.74, 6) is -2.66. The number of rotatable bonds is 2. The average Bonchev–Trinajstić information content (AvgIpc) is 2.28. The van der Waals surface area contributed by atoms with Crippen molar-refractivity contribution >= 4 is 17.7 Å². The van der Waals surface area contributed by atoms with Crippen LogP contribution in [0.25, 0.3) is 0 Å². The minimum Gasteiger partial charge on any atom is -0.478 e. The molecule has 1 aliphatic carbocycles. The van der Waals surface area contributed by atoms with E-state index in [1.54, 1.807) is 24.3 Å². The van der Waals surface area contributed by atoms with Gasteiger partial charge in [0, 0.05) is 12.0 Å². The van der Waals surface area contributed by atoms with E-state index in [1.807, 2.05) is 0 Å². The second kappa shape index (κ2) is 3.86. The quantitative estimate of drug-likeness (QED) is 0.709. The summed E-state index contributed by atoms with van der Waals surface area (Å²) in [5.41, 5.74) is 0.254. The first-order valence-electron chi connectivity index (χ1n) is 4.89. The highest BCUT2D eigenvalue weighted by atomic mass is 16.4. The Hall–Kier alpha value is -2.43. The van der Waals surface area contributed by atoms with Gasteiger partial charge in [-0.1, -0.05) is 24.3 Å². The first-order chi connectivity index (χ1) is 8.02. The van der Waals surface area contributed by atoms with Gasteiger partial charge >= 0.3 is 11.9 Å². The van der Waals surface area contributed by atoms with Crippen LogP contribution in [0.5, 0.6) is 0 Å². The van der Waals surface area contributed by atoms with Crippen LogP contribution in [0.2, 0.25) is 0 Å². The Morgan fingerprint density at radius 2 is 1.76 bits per heavy atom. The van der Waals surface area contributed by atoms with E-state index < -0.39 is 17.5 Å². The van der Waals surface area contributed by atoms with Crippen molar-refractivity contribution in [3.05, 3.63) is 46.5 Å². The van der Waals surface area contributed by atoms with Crippen LogP contribution in [0.3, 0.4) is 0 Å². The van der Waals surface area contributed by atoms with E-state index in [9.17, 15) is 9.59 Å². The van der Waals surface area contributed by atoms with Crippen molar-refractivity contribution in [2.75, 3.05) is 0 Å². The highest BCUT2D eigenvalue weighted by Gasteiger charge is 2.30. The van der Waals surface area contributed by atoms with E-state index in [4.69, 9.17) is 15.6 Å². The van der Waals surface area contributed by atoms with Crippen LogP contribution in [0.15, 0.2) is 35.4 Å². The van der Waals surface area contributed by atoms with Gasteiger partial charge in [-0.15, -0.1) is 0 Å². The van der Waals surface area contributed by atoms with Crippen molar-refractivity contribution in [2.24, 2.45) is 0 Å². The summed E-state index contributed by atoms with van der Waals surface area (Å²) in [6.07, 6.45) is 0.0372. The molecule has 0 saturated carbocycles. The van der Waals surface area contributed by atoms with Gasteiger partial charge in [-0.05, 0) is 5.56 Å². The third kappa shape index (κ3) is 1.71. The molecule has 5 nitrogen and oxygen atoms in total. The van der Waals surface area contributed by atoms with E-state index in [0.29, 0.717) is 11.1 Å². The maximum Gasteiger partial charge on any atom is 0.338 e. The summed E-state index contributed by atoms with van der Waals surface area (Å²) in [6.45, 7) is 0. The number of carboxylic acid groups (broad SMARTS) is 2. The maximum absolute atomic E-state index is 11.0. The number of carboxylic acids is 2. The Balaban J connectivity index is 2.65. The van der Waals surface area contributed by atoms with E-state index in [0.717, 1.165) is 0 Å². The molecule has 17 heavy (non-hydrogen) atoms. The highest BCUT2D eigenvalue weighted by molar-refractivity contribution is 6.29. The molecule has 0 heterocycles. The average molecular weight is 231 g/mol. The summed E-state index contributed by atoms with van der Waals surface area (Å²) in [6, 6.07) is 6.75. The Morgan fingerprint density at radius 1 is 1.12 bits per heavy atom. The van der Waals surface area contributed by atoms with Crippen LogP contribution < -0.4 is 0 Å². The number of carbonyl (C=O) groups is 2. The van der Waals surface area contributed by atoms with Crippen LogP contribution >= 0.6 is 0 Å². The minimum absolute atomic E-state index is 0.0372. The molecule has 0 unspecified atom stereocenters. The molecule has 1 aromatic rings. The minimum atomic E-state index is -1.37. The van der Waals surface area contributed by atoms with E-state index in [2.05, 4.69) is 0 Å². The summed E-state index contributed by atoms with van der Waals surface area (Å²) >= 11 is 0. The molecule has 86 valence electrons. The van der Waals surface area contributed by atoms with Crippen LogP contribution in [0, 0.1) is 5.41 Å². The normalized spacial score (nSPS) is 14.5. The summed E-state index contributed by atoms with van der Waals surface area (Å²) in [5, 5.41) is 25.8. The molecule has 0 saturated heterocycles. The summed E-state index contributed by atoms with van der Waals surface area (Å²) in [4.78, 5) is 22.0. The molecule has 0 spiro atoms. The van der Waals surface area contributed by atoms with E-state index >= 15 is 0 Å². The largest absolute Gasteiger partial charge is 0.478 e. The van der Waals surface area contributed by atoms with Crippen molar-refractivity contribution in [1.29, 1.82) is 5.41 Å². The zero-order valence-corrected chi connectivity index (χ0v) is 8.73. The molecule has 0 aromatic heterocycles. The van der Waals surface area contributed by atoms with Gasteiger partial charge in [-0.25, -0.2) is 9.59 Å². The molecule has 0 aliphatic heterocycles. The molecule has 1 aromatic carbocycles. The lowest BCUT2D eigenvalue weighted by molar-refractivity contribution is -0.135. The van der Waals surface area contributed by atoms with Gasteiger partial charge in [0.2, 0.25) is 0 Å². The number of hydrogen-bond acceptors (Lipinski definition) is 3. The number of nitrogens with one attached hydrogen (secondary N) is 1. The van der Waals surface area contributed by atoms with Crippen LogP contribution in [-0.2, 0) is 16.0 Å². The number of benzene rings is 1. The third-order valence-corrected chi connectivity index (χ3v) is 2.68. The fraction of sp³-hybridized carbons (Fsp3) is 0.0833. The predicted octanol–water partition coefficient (Wildman–Crippen LogP) is 1.08. The second-order valence-corrected chi connectivity index (χ2v) is 3.67. The summed E-state index contributed by atoms with van der Waals surface area (Å²) in [7, 11) is 0. The lowest BCUT2D eigenvalue weighted by Crippen LogP contribution is -2.25. The molecule has 2 rings (SSSR count). The van der Waals surface area contributed by atoms with Crippen molar-refractivity contribution in [2.45, 2.75) is 6.42 Å². The van der Waals surface area contributed by atoms with Gasteiger partial charge in [-0.2, -0.15) is 0 Å². The first kappa shape index (κ1) is 11.1. The zero-order valence-electron chi connectivity index (χ0n) is 8.73. The smallest absolute Gasteiger partial charge is 0.338 e. The van der Waals surface area contributed by atoms with Crippen LogP contribution in [0.1, 0.15) is 11.1 Å². The Morgan fingerprint density at radius 3 is 2.35 bits per heavy atom. The number of aliphatic carboxylic acids is 2. The first-order valence-corrected chi connectivity index (χ1v) is 4.89. The Kier molecular flexibility index (Phi) is 2.51. The molecular formula is C12H9NO4. The van der Waals surface area contributed by atoms with Crippen molar-refractivity contribution < 1.29 is 19.8 Å². The van der Waals surface area contributed by atoms with Crippen LogP contribution in [-0.4, -0.2) is 27.9 Å². The number of hydrogen-bond donors (Lipinski definition) is 3. The molecule has 1 aliphatic rings. The van der Waals surface area contributed by atoms with Gasteiger partial charge in [0.15, 0.2) is 0 Å². The molecule has 0 atom stereocenters. The van der Waals surface area contributed by atoms with Gasteiger partial charge in [0.05, 0.1) is 16.9 Å². The topological polar surface area (TPSA) is 98.5 Å². The van der Waals surface area contributed by atoms with E-state index in [1.165, 1.54) is 0 Å². The van der Waals surface area contributed by atoms with Crippen LogP contribution in [0.4, 0.5) is 0 Å². The van der Waals surface area contributed by atoms with Gasteiger partial charge in [0.1, 0.15) is 0 Å². The van der Waals surface area contributed by atoms with Gasteiger partial charge in [0.25, 0.3) is 0 Å². The van der Waals surface area contributed by atoms with E-state index in [-0.39, 0.29) is 17.7 Å². The Labute approximate surface area is 96.5 Å². The molecule has 0 radical (unpaired) electrons. The summed E-state index contributed by atoms with van der Waals surface area (Å²) < 4.78 is 0. The lowest BCUT2D eigenvalue weighted by atomic mass is 9.84. The molecule has 0 amide bonds. The molecule has 0 bridgehead atoms. The fourth-order valence-electron chi connectivity index (χ4n) is 1.90. The van der Waals surface area contributed by atoms with Crippen molar-refractivity contribution in [3.8, 4) is 0 Å². The number of fused-ring (bicyclic) bond motifs is 1. The zero-order chi connectivity index (χ0) is 12.6. The monoisotopic (exact) mass is 231 g/mol. The highest BCUT2D eigenvalue weighted by Crippen LogP contribution is 2.26. The van der Waals surface area contributed by atoms with Crippen molar-refractivity contribution in [3.63, 3.8) is 0 Å². The predicted molar refractivity (Wildman–Crippen MR) is 59.3 cm³/mol. The molecular weight excluding hydrogens is 222 g/mol. The SMILES string of the molecule is N=C1C(C(=O)O)=C(C(=O)O)Cc2ccccc21. The standard InChI is InChI=1S/C12H9NO4/c13-10-7-4-2-1-3-6(7)5-8(11(14)15)9(10)12(16)17/h1-4,13H,5H2,(H,14,15)(H,16,17). The molecule has 3 N–H and O–H groups in total. The third-order valence-electron chi connectivity index (χ3n) is 2.68.